The second-order valence-corrected chi connectivity index (χ2v) is 21.2. The molecule has 56 heavy (non-hydrogen) atoms. The first kappa shape index (κ1) is 34.6. The number of rotatable bonds is 7. The first-order chi connectivity index (χ1) is 27.5. The van der Waals surface area contributed by atoms with Crippen molar-refractivity contribution in [3.05, 3.63) is 200 Å². The molecule has 10 rings (SSSR count). The highest BCUT2D eigenvalue weighted by atomic mass is 32.2. The zero-order chi connectivity index (χ0) is 37.6. The molecule has 0 atom stereocenters. The van der Waals surface area contributed by atoms with Gasteiger partial charge < -0.3 is 14.7 Å². The lowest BCUT2D eigenvalue weighted by Crippen LogP contribution is -2.53. The summed E-state index contributed by atoms with van der Waals surface area (Å²) in [5.41, 5.74) is 10.6. The van der Waals surface area contributed by atoms with Gasteiger partial charge in [-0.15, -0.1) is 0 Å². The number of nitrogens with zero attached hydrogens (tertiary/aromatic N) is 3. The lowest BCUT2D eigenvalue weighted by molar-refractivity contribution is 1.15. The van der Waals surface area contributed by atoms with Gasteiger partial charge in [-0.1, -0.05) is 144 Å². The van der Waals surface area contributed by atoms with Gasteiger partial charge in [-0.05, 0) is 103 Å². The largest absolute Gasteiger partial charge is 0.311 e. The van der Waals surface area contributed by atoms with Crippen molar-refractivity contribution in [2.45, 2.75) is 32.7 Å². The molecular weight excluding hydrogens is 735 g/mol. The van der Waals surface area contributed by atoms with Crippen LogP contribution in [0.3, 0.4) is 0 Å². The second kappa shape index (κ2) is 14.3. The summed E-state index contributed by atoms with van der Waals surface area (Å²) >= 11 is 3.70. The minimum atomic E-state index is -2.31. The molecule has 0 N–H and O–H groups in total. The van der Waals surface area contributed by atoms with E-state index >= 15 is 0 Å². The van der Waals surface area contributed by atoms with E-state index in [9.17, 15) is 0 Å². The number of hydrogen-bond acceptors (Lipinski definition) is 5. The smallest absolute Gasteiger partial charge is 0.112 e. The summed E-state index contributed by atoms with van der Waals surface area (Å²) in [6, 6.07) is 73.3. The zero-order valence-electron chi connectivity index (χ0n) is 31.2. The molecule has 8 aromatic carbocycles. The van der Waals surface area contributed by atoms with Crippen LogP contribution >= 0.6 is 23.5 Å². The van der Waals surface area contributed by atoms with Crippen LogP contribution < -0.4 is 25.1 Å². The first-order valence-electron chi connectivity index (χ1n) is 19.0. The average Bonchev–Trinajstić information content (AvgIpc) is 3.25. The quantitative estimate of drug-likeness (QED) is 0.149. The van der Waals surface area contributed by atoms with Crippen molar-refractivity contribution in [1.82, 2.24) is 0 Å². The Balaban J connectivity index is 1.15. The van der Waals surface area contributed by atoms with Gasteiger partial charge in [0, 0.05) is 48.0 Å². The monoisotopic (exact) mass is 773 g/mol. The molecule has 0 aromatic heterocycles. The van der Waals surface area contributed by atoms with Crippen LogP contribution in [0.2, 0.25) is 13.1 Å². The third kappa shape index (κ3) is 6.11. The van der Waals surface area contributed by atoms with Crippen molar-refractivity contribution in [1.29, 1.82) is 0 Å². The maximum Gasteiger partial charge on any atom is 0.112 e. The fourth-order valence-electron chi connectivity index (χ4n) is 7.97. The molecular formula is C50H39N3S2Si. The lowest BCUT2D eigenvalue weighted by atomic mass is 10.1. The summed E-state index contributed by atoms with van der Waals surface area (Å²) in [5.74, 6) is 0. The summed E-state index contributed by atoms with van der Waals surface area (Å²) in [5, 5.41) is 2.76. The van der Waals surface area contributed by atoms with Crippen LogP contribution in [0.15, 0.2) is 220 Å². The van der Waals surface area contributed by atoms with E-state index in [2.05, 4.69) is 228 Å². The topological polar surface area (TPSA) is 9.72 Å². The molecule has 0 radical (unpaired) electrons. The van der Waals surface area contributed by atoms with E-state index < -0.39 is 8.07 Å². The fraction of sp³-hybridized carbons (Fsp3) is 0.0400. The van der Waals surface area contributed by atoms with Gasteiger partial charge in [0.15, 0.2) is 0 Å². The van der Waals surface area contributed by atoms with Crippen LogP contribution in [-0.2, 0) is 0 Å². The van der Waals surface area contributed by atoms with Crippen molar-refractivity contribution < 1.29 is 0 Å². The van der Waals surface area contributed by atoms with E-state index in [1.165, 1.54) is 64.1 Å². The number of anilines is 9. The predicted octanol–water partition coefficient (Wildman–Crippen LogP) is 13.8. The molecule has 0 saturated carbocycles. The molecule has 0 spiro atoms. The number of fused-ring (bicyclic) bond motifs is 4. The summed E-state index contributed by atoms with van der Waals surface area (Å²) < 4.78 is 0. The second-order valence-electron chi connectivity index (χ2n) is 14.7. The van der Waals surface area contributed by atoms with E-state index in [1.54, 1.807) is 0 Å². The standard InChI is InChI=1S/C50H39N3S2Si/c1-56(2,41-31-29-38(30-32-41)51(36-17-5-3-6-18-36)37-19-7-4-8-20-37)42-34-39(52-43-21-9-13-25-47(43)54-48-26-14-10-22-44(48)52)33-40(35-42)53-45-23-11-15-27-49(45)55-50-28-16-12-24-46(50)53/h3-35H,1-2H3. The van der Waals surface area contributed by atoms with E-state index in [1.807, 2.05) is 23.5 Å². The zero-order valence-corrected chi connectivity index (χ0v) is 33.8. The number of para-hydroxylation sites is 6. The Bertz CT molecular complexity index is 2450. The van der Waals surface area contributed by atoms with Crippen molar-refractivity contribution in [3.8, 4) is 0 Å². The van der Waals surface area contributed by atoms with Gasteiger partial charge in [-0.3, -0.25) is 0 Å². The molecule has 2 heterocycles. The van der Waals surface area contributed by atoms with Gasteiger partial charge >= 0.3 is 0 Å². The molecule has 3 nitrogen and oxygen atoms in total. The summed E-state index contributed by atoms with van der Waals surface area (Å²) in [7, 11) is -2.31. The molecule has 0 bridgehead atoms. The summed E-state index contributed by atoms with van der Waals surface area (Å²) in [6.45, 7) is 5.00. The Labute approximate surface area is 338 Å². The Morgan fingerprint density at radius 1 is 0.357 bits per heavy atom. The first-order valence-corrected chi connectivity index (χ1v) is 23.6. The van der Waals surface area contributed by atoms with Gasteiger partial charge in [0.1, 0.15) is 8.07 Å². The Hall–Kier alpha value is -5.92. The van der Waals surface area contributed by atoms with Crippen molar-refractivity contribution in [2.24, 2.45) is 0 Å². The van der Waals surface area contributed by atoms with Gasteiger partial charge in [0.25, 0.3) is 0 Å². The summed E-state index contributed by atoms with van der Waals surface area (Å²) in [6.07, 6.45) is 0. The highest BCUT2D eigenvalue weighted by molar-refractivity contribution is 8.00. The van der Waals surface area contributed by atoms with Crippen LogP contribution in [0.1, 0.15) is 0 Å². The van der Waals surface area contributed by atoms with Crippen LogP contribution in [-0.4, -0.2) is 8.07 Å². The third-order valence-electron chi connectivity index (χ3n) is 10.9. The average molecular weight is 774 g/mol. The molecule has 0 aliphatic carbocycles. The molecule has 2 aliphatic rings. The predicted molar refractivity (Wildman–Crippen MR) is 242 cm³/mol. The lowest BCUT2D eigenvalue weighted by Gasteiger charge is -2.37. The molecule has 8 aromatic rings. The Kier molecular flexibility index (Phi) is 8.82. The van der Waals surface area contributed by atoms with E-state index in [0.717, 1.165) is 17.1 Å². The molecule has 270 valence electrons. The summed E-state index contributed by atoms with van der Waals surface area (Å²) in [4.78, 5) is 12.3. The Morgan fingerprint density at radius 2 is 0.696 bits per heavy atom. The molecule has 0 unspecified atom stereocenters. The van der Waals surface area contributed by atoms with Gasteiger partial charge in [0.05, 0.1) is 22.7 Å². The van der Waals surface area contributed by atoms with E-state index in [4.69, 9.17) is 0 Å². The SMILES string of the molecule is C[Si](C)(c1ccc(N(c2ccccc2)c2ccccc2)cc1)c1cc(N2c3ccccc3Sc3ccccc32)cc(N2c3ccccc3Sc3ccccc32)c1. The highest BCUT2D eigenvalue weighted by Gasteiger charge is 2.33. The van der Waals surface area contributed by atoms with Crippen molar-refractivity contribution in [2.75, 3.05) is 14.7 Å². The third-order valence-corrected chi connectivity index (χ3v) is 16.7. The van der Waals surface area contributed by atoms with Gasteiger partial charge in [-0.25, -0.2) is 0 Å². The van der Waals surface area contributed by atoms with Crippen LogP contribution in [0.5, 0.6) is 0 Å². The maximum absolute atomic E-state index is 2.50. The normalized spacial score (nSPS) is 13.0. The number of hydrogen-bond donors (Lipinski definition) is 0. The van der Waals surface area contributed by atoms with Crippen molar-refractivity contribution in [3.63, 3.8) is 0 Å². The van der Waals surface area contributed by atoms with Crippen LogP contribution in [0, 0.1) is 0 Å². The van der Waals surface area contributed by atoms with Crippen LogP contribution in [0.25, 0.3) is 0 Å². The maximum atomic E-state index is 2.50. The van der Waals surface area contributed by atoms with Crippen molar-refractivity contribution >= 4 is 93.2 Å². The van der Waals surface area contributed by atoms with Gasteiger partial charge in [-0.2, -0.15) is 0 Å². The Morgan fingerprint density at radius 3 is 1.09 bits per heavy atom. The van der Waals surface area contributed by atoms with Crippen LogP contribution in [0.4, 0.5) is 51.2 Å². The molecule has 0 saturated heterocycles. The fourth-order valence-corrected chi connectivity index (χ4v) is 12.4. The molecule has 0 fully saturated rings. The molecule has 6 heteroatoms. The van der Waals surface area contributed by atoms with Gasteiger partial charge in [0.2, 0.25) is 0 Å². The number of benzene rings is 8. The molecule has 0 amide bonds. The minimum absolute atomic E-state index is 1.14. The minimum Gasteiger partial charge on any atom is -0.311 e. The van der Waals surface area contributed by atoms with E-state index in [0.29, 0.717) is 0 Å². The molecule has 2 aliphatic heterocycles. The van der Waals surface area contributed by atoms with E-state index in [-0.39, 0.29) is 0 Å². The highest BCUT2D eigenvalue weighted by Crippen LogP contribution is 2.54.